The predicted octanol–water partition coefficient (Wildman–Crippen LogP) is 3.46. The highest BCUT2D eigenvalue weighted by molar-refractivity contribution is 5.96. The normalized spacial score (nSPS) is 14.4. The molecule has 1 aliphatic heterocycles. The van der Waals surface area contributed by atoms with Gasteiger partial charge in [0, 0.05) is 42.1 Å². The molecule has 1 aromatic carbocycles. The van der Waals surface area contributed by atoms with E-state index in [1.165, 1.54) is 0 Å². The molecule has 0 unspecified atom stereocenters. The van der Waals surface area contributed by atoms with E-state index >= 15 is 0 Å². The van der Waals surface area contributed by atoms with E-state index in [1.807, 2.05) is 0 Å². The number of halogens is 3. The van der Waals surface area contributed by atoms with Crippen molar-refractivity contribution in [1.29, 1.82) is 0 Å². The van der Waals surface area contributed by atoms with Crippen LogP contribution in [-0.2, 0) is 22.2 Å². The molecule has 1 fully saturated rings. The highest BCUT2D eigenvalue weighted by Gasteiger charge is 2.37. The maximum Gasteiger partial charge on any atom is 0.453 e. The lowest BCUT2D eigenvalue weighted by atomic mass is 10.1. The average Bonchev–Trinajstić information content (AvgIpc) is 3.35. The molecule has 0 bridgehead atoms. The molecule has 4 rings (SSSR count). The number of fused-ring (bicyclic) bond motifs is 1. The number of aryl methyl sites for hydroxylation is 2. The van der Waals surface area contributed by atoms with Crippen molar-refractivity contribution >= 4 is 29.0 Å². The first-order valence-corrected chi connectivity index (χ1v) is 10.1. The van der Waals surface area contributed by atoms with Crippen molar-refractivity contribution in [1.82, 2.24) is 19.6 Å². The summed E-state index contributed by atoms with van der Waals surface area (Å²) in [6, 6.07) is 7.04. The fourth-order valence-corrected chi connectivity index (χ4v) is 3.80. The van der Waals surface area contributed by atoms with Crippen molar-refractivity contribution in [3.8, 4) is 0 Å². The van der Waals surface area contributed by atoms with Gasteiger partial charge in [-0.25, -0.2) is 9.50 Å². The Bertz CT molecular complexity index is 1190. The van der Waals surface area contributed by atoms with E-state index in [1.54, 1.807) is 43.0 Å². The SMILES string of the molecule is Cc1nc2nc(C(F)(F)F)nn2c(C)c1CCC(=O)Nc1ccc(N2CCCC2=O)cc1. The highest BCUT2D eigenvalue weighted by Crippen LogP contribution is 2.27. The number of nitrogens with zero attached hydrogens (tertiary/aromatic N) is 5. The van der Waals surface area contributed by atoms with Gasteiger partial charge in [-0.15, -0.1) is 5.10 Å². The van der Waals surface area contributed by atoms with Gasteiger partial charge in [-0.1, -0.05) is 0 Å². The van der Waals surface area contributed by atoms with Gasteiger partial charge < -0.3 is 10.2 Å². The Kier molecular flexibility index (Phi) is 5.57. The van der Waals surface area contributed by atoms with Crippen molar-refractivity contribution < 1.29 is 22.8 Å². The number of aromatic nitrogens is 4. The van der Waals surface area contributed by atoms with Gasteiger partial charge in [-0.2, -0.15) is 18.2 Å². The van der Waals surface area contributed by atoms with Gasteiger partial charge in [0.05, 0.1) is 0 Å². The van der Waals surface area contributed by atoms with Crippen LogP contribution >= 0.6 is 0 Å². The van der Waals surface area contributed by atoms with Crippen molar-refractivity contribution in [2.45, 2.75) is 45.7 Å². The molecule has 2 aromatic heterocycles. The van der Waals surface area contributed by atoms with Crippen LogP contribution in [0.25, 0.3) is 5.78 Å². The molecule has 0 atom stereocenters. The molecule has 11 heteroatoms. The Morgan fingerprint density at radius 2 is 1.88 bits per heavy atom. The van der Waals surface area contributed by atoms with Gasteiger partial charge in [-0.05, 0) is 56.5 Å². The zero-order chi connectivity index (χ0) is 23.0. The second-order valence-corrected chi connectivity index (χ2v) is 7.65. The first-order chi connectivity index (χ1) is 15.1. The third-order valence-corrected chi connectivity index (χ3v) is 5.44. The minimum absolute atomic E-state index is 0.0906. The van der Waals surface area contributed by atoms with Crippen LogP contribution in [-0.4, -0.2) is 37.9 Å². The molecule has 1 saturated heterocycles. The summed E-state index contributed by atoms with van der Waals surface area (Å²) in [4.78, 5) is 33.5. The molecule has 2 amide bonds. The van der Waals surface area contributed by atoms with E-state index in [0.29, 0.717) is 35.6 Å². The molecule has 1 N–H and O–H groups in total. The summed E-state index contributed by atoms with van der Waals surface area (Å²) in [7, 11) is 0. The third kappa shape index (κ3) is 4.27. The van der Waals surface area contributed by atoms with E-state index < -0.39 is 12.0 Å². The average molecular weight is 446 g/mol. The minimum Gasteiger partial charge on any atom is -0.326 e. The van der Waals surface area contributed by atoms with Crippen LogP contribution in [0.3, 0.4) is 0 Å². The number of anilines is 2. The molecule has 168 valence electrons. The summed E-state index contributed by atoms with van der Waals surface area (Å²) in [5, 5.41) is 6.31. The number of alkyl halides is 3. The zero-order valence-electron chi connectivity index (χ0n) is 17.5. The molecule has 32 heavy (non-hydrogen) atoms. The van der Waals surface area contributed by atoms with Gasteiger partial charge in [0.25, 0.3) is 11.6 Å². The topological polar surface area (TPSA) is 92.5 Å². The maximum atomic E-state index is 12.9. The molecular formula is C21H21F3N6O2. The van der Waals surface area contributed by atoms with E-state index in [2.05, 4.69) is 20.4 Å². The summed E-state index contributed by atoms with van der Waals surface area (Å²) < 4.78 is 39.8. The summed E-state index contributed by atoms with van der Waals surface area (Å²) in [5.74, 6) is -1.53. The highest BCUT2D eigenvalue weighted by atomic mass is 19.4. The molecule has 8 nitrogen and oxygen atoms in total. The van der Waals surface area contributed by atoms with Gasteiger partial charge in [0.15, 0.2) is 0 Å². The number of carbonyl (C=O) groups excluding carboxylic acids is 2. The second kappa shape index (κ2) is 8.21. The minimum atomic E-state index is -4.66. The zero-order valence-corrected chi connectivity index (χ0v) is 17.5. The molecule has 0 aliphatic carbocycles. The Balaban J connectivity index is 1.43. The van der Waals surface area contributed by atoms with Gasteiger partial charge in [0.2, 0.25) is 11.8 Å². The molecule has 0 spiro atoms. The molecule has 3 heterocycles. The Morgan fingerprint density at radius 1 is 1.16 bits per heavy atom. The standard InChI is InChI=1S/C21H21F3N6O2/c1-12-16(13(2)30-20(25-12)27-19(28-30)21(22,23)24)9-10-17(31)26-14-5-7-15(8-6-14)29-11-3-4-18(29)32/h5-8H,3-4,9-11H2,1-2H3,(H,26,31). The number of nitrogens with one attached hydrogen (secondary N) is 1. The largest absolute Gasteiger partial charge is 0.453 e. The Morgan fingerprint density at radius 3 is 2.50 bits per heavy atom. The lowest BCUT2D eigenvalue weighted by molar-refractivity contribution is -0.144. The molecule has 1 aliphatic rings. The monoisotopic (exact) mass is 446 g/mol. The summed E-state index contributed by atoms with van der Waals surface area (Å²) in [6.45, 7) is 3.99. The van der Waals surface area contributed by atoms with Gasteiger partial charge >= 0.3 is 6.18 Å². The van der Waals surface area contributed by atoms with Crippen LogP contribution < -0.4 is 10.2 Å². The predicted molar refractivity (Wildman–Crippen MR) is 110 cm³/mol. The first kappa shape index (κ1) is 21.7. The number of hydrogen-bond acceptors (Lipinski definition) is 5. The summed E-state index contributed by atoms with van der Waals surface area (Å²) >= 11 is 0. The van der Waals surface area contributed by atoms with E-state index in [4.69, 9.17) is 0 Å². The summed E-state index contributed by atoms with van der Waals surface area (Å²) in [6.07, 6.45) is -2.88. The lowest BCUT2D eigenvalue weighted by Crippen LogP contribution is -2.23. The van der Waals surface area contributed by atoms with E-state index in [0.717, 1.165) is 16.6 Å². The van der Waals surface area contributed by atoms with Crippen LogP contribution in [0.15, 0.2) is 24.3 Å². The fraction of sp³-hybridized carbons (Fsp3) is 0.381. The van der Waals surface area contributed by atoms with Crippen LogP contribution in [0.4, 0.5) is 24.5 Å². The van der Waals surface area contributed by atoms with E-state index in [-0.39, 0.29) is 30.4 Å². The first-order valence-electron chi connectivity index (χ1n) is 10.1. The molecule has 0 radical (unpaired) electrons. The van der Waals surface area contributed by atoms with Crippen molar-refractivity contribution in [2.75, 3.05) is 16.8 Å². The summed E-state index contributed by atoms with van der Waals surface area (Å²) in [5.41, 5.74) is 3.00. The van der Waals surface area contributed by atoms with Gasteiger partial charge in [-0.3, -0.25) is 9.59 Å². The molecular weight excluding hydrogens is 425 g/mol. The number of carbonyl (C=O) groups is 2. The van der Waals surface area contributed by atoms with Gasteiger partial charge in [0.1, 0.15) is 0 Å². The Labute approximate surface area is 181 Å². The number of benzene rings is 1. The fourth-order valence-electron chi connectivity index (χ4n) is 3.80. The second-order valence-electron chi connectivity index (χ2n) is 7.65. The van der Waals surface area contributed by atoms with Crippen LogP contribution in [0, 0.1) is 13.8 Å². The number of amides is 2. The van der Waals surface area contributed by atoms with Crippen molar-refractivity contribution in [3.63, 3.8) is 0 Å². The van der Waals surface area contributed by atoms with Crippen LogP contribution in [0.2, 0.25) is 0 Å². The Hall–Kier alpha value is -3.50. The van der Waals surface area contributed by atoms with Crippen molar-refractivity contribution in [3.05, 3.63) is 47.0 Å². The van der Waals surface area contributed by atoms with Crippen LogP contribution in [0.1, 0.15) is 42.0 Å². The smallest absolute Gasteiger partial charge is 0.326 e. The van der Waals surface area contributed by atoms with E-state index in [9.17, 15) is 22.8 Å². The third-order valence-electron chi connectivity index (χ3n) is 5.44. The lowest BCUT2D eigenvalue weighted by Gasteiger charge is -2.16. The quantitative estimate of drug-likeness (QED) is 0.648. The van der Waals surface area contributed by atoms with Crippen LogP contribution in [0.5, 0.6) is 0 Å². The number of hydrogen-bond donors (Lipinski definition) is 1. The van der Waals surface area contributed by atoms with Crippen molar-refractivity contribution in [2.24, 2.45) is 0 Å². The number of rotatable bonds is 5. The maximum absolute atomic E-state index is 12.9. The molecule has 3 aromatic rings. The molecule has 0 saturated carbocycles.